The van der Waals surface area contributed by atoms with Crippen LogP contribution in [0.2, 0.25) is 0 Å². The molecule has 31 heavy (non-hydrogen) atoms. The van der Waals surface area contributed by atoms with Gasteiger partial charge in [0.15, 0.2) is 11.0 Å². The van der Waals surface area contributed by atoms with Gasteiger partial charge in [0.1, 0.15) is 5.75 Å². The molecule has 2 aromatic carbocycles. The fraction of sp³-hybridized carbons (Fsp3) is 0.292. The van der Waals surface area contributed by atoms with E-state index >= 15 is 0 Å². The number of unbranched alkanes of at least 4 members (excludes halogenated alkanes) is 1. The Balaban J connectivity index is 1.61. The molecule has 6 nitrogen and oxygen atoms in total. The number of nitrogens with zero attached hydrogens (tertiary/aromatic N) is 3. The van der Waals surface area contributed by atoms with Crippen LogP contribution in [0.1, 0.15) is 25.3 Å². The number of hydrogen-bond donors (Lipinski definition) is 1. The highest BCUT2D eigenvalue weighted by Crippen LogP contribution is 2.26. The summed E-state index contributed by atoms with van der Waals surface area (Å²) in [7, 11) is 0. The van der Waals surface area contributed by atoms with E-state index in [-0.39, 0.29) is 11.7 Å². The molecular formula is C24H28N4O2S. The normalized spacial score (nSPS) is 10.6. The van der Waals surface area contributed by atoms with Gasteiger partial charge in [-0.3, -0.25) is 9.36 Å². The Kier molecular flexibility index (Phi) is 8.72. The molecule has 0 aliphatic heterocycles. The molecule has 1 amide bonds. The zero-order valence-electron chi connectivity index (χ0n) is 17.8. The second-order valence-corrected chi connectivity index (χ2v) is 7.93. The van der Waals surface area contributed by atoms with Gasteiger partial charge in [-0.05, 0) is 36.2 Å². The van der Waals surface area contributed by atoms with Crippen LogP contribution in [0.3, 0.4) is 0 Å². The van der Waals surface area contributed by atoms with Gasteiger partial charge in [0.05, 0.1) is 12.4 Å². The lowest BCUT2D eigenvalue weighted by molar-refractivity contribution is -0.118. The Hall–Kier alpha value is -3.06. The van der Waals surface area contributed by atoms with E-state index in [2.05, 4.69) is 29.0 Å². The number of benzene rings is 2. The average molecular weight is 437 g/mol. The molecule has 0 saturated heterocycles. The number of carbonyl (C=O) groups excluding carboxylic acids is 1. The summed E-state index contributed by atoms with van der Waals surface area (Å²) in [6.45, 7) is 7.77. The molecule has 0 fully saturated rings. The highest BCUT2D eigenvalue weighted by Gasteiger charge is 2.15. The van der Waals surface area contributed by atoms with Gasteiger partial charge in [0, 0.05) is 18.7 Å². The maximum absolute atomic E-state index is 12.3. The molecule has 0 unspecified atom stereocenters. The van der Waals surface area contributed by atoms with Gasteiger partial charge >= 0.3 is 0 Å². The Morgan fingerprint density at radius 3 is 2.65 bits per heavy atom. The molecule has 0 spiro atoms. The van der Waals surface area contributed by atoms with Gasteiger partial charge in [0.2, 0.25) is 5.91 Å². The fourth-order valence-electron chi connectivity index (χ4n) is 2.91. The molecule has 1 aromatic heterocycles. The topological polar surface area (TPSA) is 69.0 Å². The quantitative estimate of drug-likeness (QED) is 0.253. The van der Waals surface area contributed by atoms with Gasteiger partial charge in [-0.15, -0.1) is 16.8 Å². The number of carbonyl (C=O) groups is 1. The maximum atomic E-state index is 12.3. The molecule has 0 aliphatic carbocycles. The number of hydrogen-bond acceptors (Lipinski definition) is 5. The minimum absolute atomic E-state index is 0.0443. The lowest BCUT2D eigenvalue weighted by Crippen LogP contribution is -2.24. The Labute approximate surface area is 187 Å². The summed E-state index contributed by atoms with van der Waals surface area (Å²) >= 11 is 1.37. The summed E-state index contributed by atoms with van der Waals surface area (Å²) in [6.07, 6.45) is 3.94. The summed E-state index contributed by atoms with van der Waals surface area (Å²) < 4.78 is 7.70. The number of ether oxygens (including phenoxy) is 1. The van der Waals surface area contributed by atoms with Crippen LogP contribution in [-0.4, -0.2) is 33.0 Å². The molecule has 7 heteroatoms. The molecule has 3 aromatic rings. The number of nitrogens with one attached hydrogen (secondary N) is 1. The van der Waals surface area contributed by atoms with Gasteiger partial charge in [-0.2, -0.15) is 0 Å². The SMILES string of the molecule is C=CCn1c(SCC(=O)NCc2ccccc2)nnc1-c1ccc(OCCCC)cc1. The van der Waals surface area contributed by atoms with Crippen molar-refractivity contribution in [1.82, 2.24) is 20.1 Å². The van der Waals surface area contributed by atoms with Crippen LogP contribution in [0.4, 0.5) is 0 Å². The summed E-state index contributed by atoms with van der Waals surface area (Å²) in [4.78, 5) is 12.3. The predicted octanol–water partition coefficient (Wildman–Crippen LogP) is 4.72. The number of rotatable bonds is 12. The first-order valence-electron chi connectivity index (χ1n) is 10.4. The van der Waals surface area contributed by atoms with E-state index in [9.17, 15) is 4.79 Å². The second kappa shape index (κ2) is 12.0. The van der Waals surface area contributed by atoms with Crippen LogP contribution in [0.25, 0.3) is 11.4 Å². The first kappa shape index (κ1) is 22.6. The smallest absolute Gasteiger partial charge is 0.230 e. The maximum Gasteiger partial charge on any atom is 0.230 e. The third kappa shape index (κ3) is 6.72. The third-order valence-electron chi connectivity index (χ3n) is 4.57. The number of aromatic nitrogens is 3. The van der Waals surface area contributed by atoms with Crippen molar-refractivity contribution in [2.24, 2.45) is 0 Å². The van der Waals surface area contributed by atoms with Crippen LogP contribution >= 0.6 is 11.8 Å². The summed E-state index contributed by atoms with van der Waals surface area (Å²) in [5.74, 6) is 1.81. The minimum Gasteiger partial charge on any atom is -0.494 e. The fourth-order valence-corrected chi connectivity index (χ4v) is 3.69. The zero-order chi connectivity index (χ0) is 21.9. The van der Waals surface area contributed by atoms with Gasteiger partial charge in [-0.1, -0.05) is 61.5 Å². The molecule has 0 radical (unpaired) electrons. The number of thioether (sulfide) groups is 1. The summed E-state index contributed by atoms with van der Waals surface area (Å²) in [6, 6.07) is 17.7. The van der Waals surface area contributed by atoms with E-state index in [1.165, 1.54) is 11.8 Å². The molecule has 0 atom stereocenters. The molecule has 0 saturated carbocycles. The van der Waals surface area contributed by atoms with Gasteiger partial charge < -0.3 is 10.1 Å². The summed E-state index contributed by atoms with van der Waals surface area (Å²) in [5, 5.41) is 12.3. The minimum atomic E-state index is -0.0443. The molecule has 1 N–H and O–H groups in total. The largest absolute Gasteiger partial charge is 0.494 e. The Morgan fingerprint density at radius 1 is 1.16 bits per heavy atom. The monoisotopic (exact) mass is 436 g/mol. The zero-order valence-corrected chi connectivity index (χ0v) is 18.6. The van der Waals surface area contributed by atoms with Crippen LogP contribution in [0.5, 0.6) is 5.75 Å². The van der Waals surface area contributed by atoms with Crippen molar-refractivity contribution >= 4 is 17.7 Å². The first-order valence-corrected chi connectivity index (χ1v) is 11.4. The van der Waals surface area contributed by atoms with Crippen LogP contribution in [0.15, 0.2) is 72.4 Å². The first-order chi connectivity index (χ1) is 15.2. The summed E-state index contributed by atoms with van der Waals surface area (Å²) in [5.41, 5.74) is 2.01. The average Bonchev–Trinajstić information content (AvgIpc) is 3.20. The van der Waals surface area contributed by atoms with E-state index in [4.69, 9.17) is 4.74 Å². The highest BCUT2D eigenvalue weighted by molar-refractivity contribution is 7.99. The van der Waals surface area contributed by atoms with E-state index in [0.29, 0.717) is 18.2 Å². The Bertz CT molecular complexity index is 971. The van der Waals surface area contributed by atoms with Crippen molar-refractivity contribution in [3.63, 3.8) is 0 Å². The van der Waals surface area contributed by atoms with Crippen molar-refractivity contribution in [3.05, 3.63) is 72.8 Å². The molecule has 162 valence electrons. The second-order valence-electron chi connectivity index (χ2n) is 6.98. The van der Waals surface area contributed by atoms with E-state index in [0.717, 1.165) is 42.1 Å². The molecular weight excluding hydrogens is 408 g/mol. The van der Waals surface area contributed by atoms with E-state index in [1.54, 1.807) is 6.08 Å². The molecule has 3 rings (SSSR count). The van der Waals surface area contributed by atoms with E-state index < -0.39 is 0 Å². The Morgan fingerprint density at radius 2 is 1.94 bits per heavy atom. The highest BCUT2D eigenvalue weighted by atomic mass is 32.2. The van der Waals surface area contributed by atoms with Crippen molar-refractivity contribution in [3.8, 4) is 17.1 Å². The van der Waals surface area contributed by atoms with Crippen molar-refractivity contribution in [2.45, 2.75) is 38.0 Å². The molecule has 0 bridgehead atoms. The van der Waals surface area contributed by atoms with Crippen molar-refractivity contribution in [1.29, 1.82) is 0 Å². The van der Waals surface area contributed by atoms with Crippen molar-refractivity contribution < 1.29 is 9.53 Å². The molecule has 0 aliphatic rings. The third-order valence-corrected chi connectivity index (χ3v) is 5.54. The van der Waals surface area contributed by atoms with Crippen LogP contribution in [-0.2, 0) is 17.9 Å². The molecule has 1 heterocycles. The number of allylic oxidation sites excluding steroid dienone is 1. The van der Waals surface area contributed by atoms with Gasteiger partial charge in [0.25, 0.3) is 0 Å². The lowest BCUT2D eigenvalue weighted by Gasteiger charge is -2.09. The van der Waals surface area contributed by atoms with Crippen molar-refractivity contribution in [2.75, 3.05) is 12.4 Å². The van der Waals surface area contributed by atoms with Gasteiger partial charge in [-0.25, -0.2) is 0 Å². The standard InChI is InChI=1S/C24H28N4O2S/c1-3-5-16-30-21-13-11-20(12-14-21)23-26-27-24(28(23)15-4-2)31-18-22(29)25-17-19-9-7-6-8-10-19/h4,6-14H,2-3,5,15-18H2,1H3,(H,25,29). The van der Waals surface area contributed by atoms with Crippen LogP contribution < -0.4 is 10.1 Å². The van der Waals surface area contributed by atoms with E-state index in [1.807, 2.05) is 59.2 Å². The number of amides is 1. The predicted molar refractivity (Wildman–Crippen MR) is 125 cm³/mol. The lowest BCUT2D eigenvalue weighted by atomic mass is 10.2. The van der Waals surface area contributed by atoms with Crippen LogP contribution in [0, 0.1) is 0 Å².